The number of anilines is 1. The van der Waals surface area contributed by atoms with Crippen molar-refractivity contribution in [3.05, 3.63) is 45.6 Å². The maximum Gasteiger partial charge on any atom is 0.294 e. The fourth-order valence-electron chi connectivity index (χ4n) is 2.83. The molecule has 6 nitrogen and oxygen atoms in total. The van der Waals surface area contributed by atoms with E-state index in [4.69, 9.17) is 0 Å². The number of rotatable bonds is 3. The Morgan fingerprint density at radius 1 is 1.38 bits per heavy atom. The highest BCUT2D eigenvalue weighted by Gasteiger charge is 2.23. The first-order valence-electron chi connectivity index (χ1n) is 7.30. The van der Waals surface area contributed by atoms with Crippen LogP contribution in [-0.4, -0.2) is 21.2 Å². The summed E-state index contributed by atoms with van der Waals surface area (Å²) in [6, 6.07) is 6.75. The van der Waals surface area contributed by atoms with Gasteiger partial charge in [-0.05, 0) is 31.7 Å². The highest BCUT2D eigenvalue weighted by molar-refractivity contribution is 5.60. The minimum Gasteiger partial charge on any atom is -0.370 e. The molecule has 1 aliphatic rings. The second-order valence-electron chi connectivity index (χ2n) is 5.17. The predicted octanol–water partition coefficient (Wildman–Crippen LogP) is 3.09. The Kier molecular flexibility index (Phi) is 3.60. The van der Waals surface area contributed by atoms with Crippen molar-refractivity contribution >= 4 is 11.5 Å². The van der Waals surface area contributed by atoms with E-state index in [-0.39, 0.29) is 10.6 Å². The largest absolute Gasteiger partial charge is 0.370 e. The zero-order chi connectivity index (χ0) is 14.8. The third-order valence-corrected chi connectivity index (χ3v) is 3.85. The number of para-hydroxylation sites is 2. The molecule has 0 saturated carbocycles. The van der Waals surface area contributed by atoms with Gasteiger partial charge >= 0.3 is 0 Å². The lowest BCUT2D eigenvalue weighted by molar-refractivity contribution is -0.384. The summed E-state index contributed by atoms with van der Waals surface area (Å²) >= 11 is 0. The van der Waals surface area contributed by atoms with Gasteiger partial charge in [0.2, 0.25) is 0 Å². The van der Waals surface area contributed by atoms with Gasteiger partial charge in [0.25, 0.3) is 5.69 Å². The fourth-order valence-corrected chi connectivity index (χ4v) is 2.83. The number of nitrogens with zero attached hydrogens (tertiary/aromatic N) is 3. The van der Waals surface area contributed by atoms with Crippen LogP contribution in [0.2, 0.25) is 0 Å². The Bertz CT molecular complexity index is 678. The zero-order valence-corrected chi connectivity index (χ0v) is 12.0. The van der Waals surface area contributed by atoms with Gasteiger partial charge in [0.1, 0.15) is 11.5 Å². The van der Waals surface area contributed by atoms with Crippen LogP contribution in [0.15, 0.2) is 24.3 Å². The Morgan fingerprint density at radius 2 is 2.19 bits per heavy atom. The second kappa shape index (κ2) is 5.55. The lowest BCUT2D eigenvalue weighted by Gasteiger charge is -2.09. The quantitative estimate of drug-likeness (QED) is 0.695. The van der Waals surface area contributed by atoms with Crippen LogP contribution in [0, 0.1) is 10.1 Å². The van der Waals surface area contributed by atoms with E-state index in [1.807, 2.05) is 0 Å². The van der Waals surface area contributed by atoms with E-state index in [0.717, 1.165) is 43.7 Å². The molecule has 0 saturated heterocycles. The van der Waals surface area contributed by atoms with Crippen LogP contribution >= 0.6 is 0 Å². The van der Waals surface area contributed by atoms with Crippen LogP contribution in [0.5, 0.6) is 0 Å². The Balaban J connectivity index is 2.19. The molecule has 0 radical (unpaired) electrons. The highest BCUT2D eigenvalue weighted by atomic mass is 16.6. The van der Waals surface area contributed by atoms with Crippen molar-refractivity contribution in [3.63, 3.8) is 0 Å². The minimum absolute atomic E-state index is 0.0801. The summed E-state index contributed by atoms with van der Waals surface area (Å²) in [6.45, 7) is 2.94. The van der Waals surface area contributed by atoms with E-state index < -0.39 is 0 Å². The zero-order valence-electron chi connectivity index (χ0n) is 12.0. The molecule has 1 N–H and O–H groups in total. The first kappa shape index (κ1) is 13.6. The Labute approximate surface area is 122 Å². The number of hydrogen-bond acceptors (Lipinski definition) is 4. The summed E-state index contributed by atoms with van der Waals surface area (Å²) in [5.41, 5.74) is 2.83. The van der Waals surface area contributed by atoms with Crippen molar-refractivity contribution in [2.24, 2.45) is 0 Å². The van der Waals surface area contributed by atoms with Gasteiger partial charge in [-0.2, -0.15) is 5.10 Å². The lowest BCUT2D eigenvalue weighted by Crippen LogP contribution is -2.08. The summed E-state index contributed by atoms with van der Waals surface area (Å²) in [4.78, 5) is 10.9. The second-order valence-corrected chi connectivity index (χ2v) is 5.17. The van der Waals surface area contributed by atoms with Crippen LogP contribution < -0.4 is 5.32 Å². The molecule has 6 heteroatoms. The van der Waals surface area contributed by atoms with Crippen molar-refractivity contribution in [2.45, 2.75) is 32.6 Å². The number of aromatic nitrogens is 2. The molecule has 0 spiro atoms. The Morgan fingerprint density at radius 3 is 2.95 bits per heavy atom. The van der Waals surface area contributed by atoms with Gasteiger partial charge in [0, 0.05) is 18.2 Å². The number of benzene rings is 1. The number of aryl methyl sites for hydroxylation is 1. The third kappa shape index (κ3) is 2.37. The predicted molar refractivity (Wildman–Crippen MR) is 81.0 cm³/mol. The number of fused-ring (bicyclic) bond motifs is 1. The number of nitro groups is 1. The standard InChI is InChI=1S/C15H18N4O2/c1-2-12-11-7-5-6-10-16-15(11)18(17-12)13-8-3-4-9-14(13)19(20)21/h3-4,8-9,16H,2,5-7,10H2,1H3. The van der Waals surface area contributed by atoms with E-state index >= 15 is 0 Å². The maximum absolute atomic E-state index is 11.3. The molecule has 3 rings (SSSR count). The van der Waals surface area contributed by atoms with Crippen LogP contribution in [0.4, 0.5) is 11.5 Å². The highest BCUT2D eigenvalue weighted by Crippen LogP contribution is 2.31. The normalized spacial score (nSPS) is 14.1. The summed E-state index contributed by atoms with van der Waals surface area (Å²) in [5.74, 6) is 0.915. The fraction of sp³-hybridized carbons (Fsp3) is 0.400. The average molecular weight is 286 g/mol. The van der Waals surface area contributed by atoms with Crippen molar-refractivity contribution < 1.29 is 4.92 Å². The smallest absolute Gasteiger partial charge is 0.294 e. The number of nitro benzene ring substituents is 1. The molecule has 2 heterocycles. The monoisotopic (exact) mass is 286 g/mol. The molecule has 0 bridgehead atoms. The SMILES string of the molecule is CCc1nn(-c2ccccc2[N+](=O)[O-])c2c1CCCCN2. The summed E-state index contributed by atoms with van der Waals surface area (Å²) in [7, 11) is 0. The number of nitrogens with one attached hydrogen (secondary N) is 1. The molecule has 2 aromatic rings. The molecule has 1 aromatic carbocycles. The van der Waals surface area contributed by atoms with Gasteiger partial charge in [0.15, 0.2) is 0 Å². The number of hydrogen-bond donors (Lipinski definition) is 1. The average Bonchev–Trinajstić information content (AvgIpc) is 2.68. The van der Waals surface area contributed by atoms with E-state index in [1.165, 1.54) is 11.6 Å². The van der Waals surface area contributed by atoms with Crippen LogP contribution in [-0.2, 0) is 12.8 Å². The molecule has 110 valence electrons. The van der Waals surface area contributed by atoms with Crippen LogP contribution in [0.1, 0.15) is 31.0 Å². The molecular formula is C15H18N4O2. The van der Waals surface area contributed by atoms with Crippen molar-refractivity contribution in [3.8, 4) is 5.69 Å². The van der Waals surface area contributed by atoms with Crippen molar-refractivity contribution in [1.29, 1.82) is 0 Å². The maximum atomic E-state index is 11.3. The molecule has 0 atom stereocenters. The van der Waals surface area contributed by atoms with Crippen molar-refractivity contribution in [1.82, 2.24) is 9.78 Å². The van der Waals surface area contributed by atoms with Gasteiger partial charge in [0.05, 0.1) is 10.6 Å². The molecule has 1 aromatic heterocycles. The lowest BCUT2D eigenvalue weighted by atomic mass is 10.1. The van der Waals surface area contributed by atoms with Gasteiger partial charge < -0.3 is 5.32 Å². The van der Waals surface area contributed by atoms with Gasteiger partial charge in [-0.25, -0.2) is 4.68 Å². The summed E-state index contributed by atoms with van der Waals surface area (Å²) in [6.07, 6.45) is 4.04. The van der Waals surface area contributed by atoms with E-state index in [0.29, 0.717) is 5.69 Å². The molecule has 1 aliphatic heterocycles. The molecule has 21 heavy (non-hydrogen) atoms. The minimum atomic E-state index is -0.355. The molecule has 0 fully saturated rings. The van der Waals surface area contributed by atoms with Crippen LogP contribution in [0.3, 0.4) is 0 Å². The molecule has 0 unspecified atom stereocenters. The molecular weight excluding hydrogens is 268 g/mol. The van der Waals surface area contributed by atoms with E-state index in [2.05, 4.69) is 17.3 Å². The van der Waals surface area contributed by atoms with Crippen LogP contribution in [0.25, 0.3) is 5.69 Å². The Hall–Kier alpha value is -2.37. The first-order valence-corrected chi connectivity index (χ1v) is 7.30. The molecule has 0 aliphatic carbocycles. The molecule has 0 amide bonds. The van der Waals surface area contributed by atoms with Gasteiger partial charge in [-0.15, -0.1) is 0 Å². The summed E-state index contributed by atoms with van der Waals surface area (Å²) in [5, 5.41) is 19.3. The van der Waals surface area contributed by atoms with Gasteiger partial charge in [-0.3, -0.25) is 10.1 Å². The van der Waals surface area contributed by atoms with E-state index in [1.54, 1.807) is 22.9 Å². The summed E-state index contributed by atoms with van der Waals surface area (Å²) < 4.78 is 1.71. The third-order valence-electron chi connectivity index (χ3n) is 3.85. The van der Waals surface area contributed by atoms with Gasteiger partial charge in [-0.1, -0.05) is 19.1 Å². The van der Waals surface area contributed by atoms with Crippen molar-refractivity contribution in [2.75, 3.05) is 11.9 Å². The first-order chi connectivity index (χ1) is 10.2. The van der Waals surface area contributed by atoms with E-state index in [9.17, 15) is 10.1 Å². The topological polar surface area (TPSA) is 73.0 Å².